The van der Waals surface area contributed by atoms with E-state index in [1.807, 2.05) is 72.4 Å². The molecule has 1 aromatic heterocycles. The van der Waals surface area contributed by atoms with Crippen molar-refractivity contribution in [2.45, 2.75) is 6.92 Å². The van der Waals surface area contributed by atoms with Crippen molar-refractivity contribution in [2.24, 2.45) is 5.10 Å². The molecule has 0 saturated heterocycles. The molecular formula is C24H20N4O2. The summed E-state index contributed by atoms with van der Waals surface area (Å²) in [5.74, 6) is -0.382. The molecule has 0 aliphatic carbocycles. The minimum atomic E-state index is -0.408. The van der Waals surface area contributed by atoms with Crippen LogP contribution in [0.15, 0.2) is 90.2 Å². The summed E-state index contributed by atoms with van der Waals surface area (Å²) in [6.07, 6.45) is 3.46. The van der Waals surface area contributed by atoms with Gasteiger partial charge in [-0.15, -0.1) is 0 Å². The Labute approximate surface area is 174 Å². The van der Waals surface area contributed by atoms with Gasteiger partial charge in [0.1, 0.15) is 11.4 Å². The molecule has 0 saturated carbocycles. The van der Waals surface area contributed by atoms with E-state index in [0.717, 1.165) is 28.1 Å². The molecule has 4 rings (SSSR count). The third-order valence-corrected chi connectivity index (χ3v) is 4.63. The van der Waals surface area contributed by atoms with E-state index in [-0.39, 0.29) is 5.75 Å². The minimum Gasteiger partial charge on any atom is -0.508 e. The predicted octanol–water partition coefficient (Wildman–Crippen LogP) is 4.32. The van der Waals surface area contributed by atoms with Gasteiger partial charge in [0, 0.05) is 22.9 Å². The average molecular weight is 396 g/mol. The van der Waals surface area contributed by atoms with Crippen LogP contribution >= 0.6 is 0 Å². The maximum absolute atomic E-state index is 12.3. The van der Waals surface area contributed by atoms with Crippen molar-refractivity contribution in [3.05, 3.63) is 102 Å². The summed E-state index contributed by atoms with van der Waals surface area (Å²) < 4.78 is 1.82. The van der Waals surface area contributed by atoms with E-state index in [1.54, 1.807) is 18.3 Å². The maximum Gasteiger partial charge on any atom is 0.271 e. The number of phenolic OH excluding ortho intramolecular Hbond substituents is 1. The summed E-state index contributed by atoms with van der Waals surface area (Å²) in [7, 11) is 0. The molecule has 1 amide bonds. The number of aryl methyl sites for hydroxylation is 1. The monoisotopic (exact) mass is 396 g/mol. The van der Waals surface area contributed by atoms with Crippen LogP contribution in [0.4, 0.5) is 0 Å². The molecule has 0 unspecified atom stereocenters. The summed E-state index contributed by atoms with van der Waals surface area (Å²) in [6.45, 7) is 2.03. The van der Waals surface area contributed by atoms with E-state index in [2.05, 4.69) is 10.5 Å². The smallest absolute Gasteiger partial charge is 0.271 e. The van der Waals surface area contributed by atoms with Gasteiger partial charge in [-0.05, 0) is 36.8 Å². The fourth-order valence-corrected chi connectivity index (χ4v) is 3.12. The number of hydrazone groups is 1. The van der Waals surface area contributed by atoms with Crippen LogP contribution in [0.5, 0.6) is 5.75 Å². The molecule has 0 aliphatic heterocycles. The van der Waals surface area contributed by atoms with Crippen LogP contribution in [0.1, 0.15) is 21.5 Å². The topological polar surface area (TPSA) is 79.5 Å². The van der Waals surface area contributed by atoms with E-state index >= 15 is 0 Å². The van der Waals surface area contributed by atoms with E-state index in [0.29, 0.717) is 5.56 Å². The number of benzene rings is 3. The lowest BCUT2D eigenvalue weighted by molar-refractivity contribution is 0.0954. The number of carbonyl (C=O) groups is 1. The summed E-state index contributed by atoms with van der Waals surface area (Å²) in [6, 6.07) is 23.9. The van der Waals surface area contributed by atoms with Crippen LogP contribution in [0.2, 0.25) is 0 Å². The van der Waals surface area contributed by atoms with Crippen molar-refractivity contribution in [1.82, 2.24) is 15.2 Å². The van der Waals surface area contributed by atoms with Gasteiger partial charge in [-0.3, -0.25) is 4.79 Å². The van der Waals surface area contributed by atoms with Gasteiger partial charge in [-0.1, -0.05) is 54.6 Å². The second kappa shape index (κ2) is 8.45. The van der Waals surface area contributed by atoms with Gasteiger partial charge >= 0.3 is 0 Å². The number of rotatable bonds is 5. The lowest BCUT2D eigenvalue weighted by Crippen LogP contribution is -2.17. The Bertz CT molecular complexity index is 1210. The molecule has 1 heterocycles. The number of hydrogen-bond acceptors (Lipinski definition) is 4. The highest BCUT2D eigenvalue weighted by Gasteiger charge is 2.12. The molecule has 0 fully saturated rings. The first-order valence-corrected chi connectivity index (χ1v) is 9.45. The minimum absolute atomic E-state index is 0.0255. The first kappa shape index (κ1) is 19.1. The van der Waals surface area contributed by atoms with Crippen molar-refractivity contribution in [2.75, 3.05) is 0 Å². The number of para-hydroxylation sites is 1. The molecule has 148 valence electrons. The summed E-state index contributed by atoms with van der Waals surface area (Å²) in [5.41, 5.74) is 7.36. The highest BCUT2D eigenvalue weighted by molar-refractivity contribution is 5.96. The van der Waals surface area contributed by atoms with Crippen molar-refractivity contribution in [1.29, 1.82) is 0 Å². The lowest BCUT2D eigenvalue weighted by atomic mass is 10.1. The van der Waals surface area contributed by atoms with Crippen LogP contribution in [-0.2, 0) is 0 Å². The molecule has 30 heavy (non-hydrogen) atoms. The number of nitrogens with one attached hydrogen (secondary N) is 1. The fourth-order valence-electron chi connectivity index (χ4n) is 3.12. The number of carbonyl (C=O) groups excluding carboxylic acids is 1. The number of aromatic nitrogens is 2. The van der Waals surface area contributed by atoms with Crippen LogP contribution < -0.4 is 5.43 Å². The van der Waals surface area contributed by atoms with E-state index in [4.69, 9.17) is 5.10 Å². The third kappa shape index (κ3) is 4.12. The van der Waals surface area contributed by atoms with E-state index < -0.39 is 5.91 Å². The Morgan fingerprint density at radius 2 is 1.80 bits per heavy atom. The zero-order valence-electron chi connectivity index (χ0n) is 16.4. The maximum atomic E-state index is 12.3. The summed E-state index contributed by atoms with van der Waals surface area (Å²) in [4.78, 5) is 12.3. The van der Waals surface area contributed by atoms with Crippen LogP contribution in [0.3, 0.4) is 0 Å². The number of hydrogen-bond donors (Lipinski definition) is 2. The number of nitrogens with zero attached hydrogens (tertiary/aromatic N) is 3. The van der Waals surface area contributed by atoms with Gasteiger partial charge in [0.15, 0.2) is 0 Å². The Hall–Kier alpha value is -4.19. The van der Waals surface area contributed by atoms with Gasteiger partial charge in [-0.25, -0.2) is 10.1 Å². The standard InChI is InChI=1S/C24H20N4O2/c1-17-8-5-6-13-22(17)28-16-20(23(27-28)18-9-3-2-4-10-18)15-25-26-24(30)19-11-7-12-21(29)14-19/h2-16,29H,1H3,(H,26,30)/b25-15-. The molecule has 6 nitrogen and oxygen atoms in total. The van der Waals surface area contributed by atoms with Gasteiger partial charge in [0.05, 0.1) is 11.9 Å². The van der Waals surface area contributed by atoms with Crippen LogP contribution in [0.25, 0.3) is 16.9 Å². The Morgan fingerprint density at radius 3 is 2.57 bits per heavy atom. The average Bonchev–Trinajstić information content (AvgIpc) is 3.18. The van der Waals surface area contributed by atoms with E-state index in [9.17, 15) is 9.90 Å². The highest BCUT2D eigenvalue weighted by atomic mass is 16.3. The van der Waals surface area contributed by atoms with Crippen molar-refractivity contribution >= 4 is 12.1 Å². The predicted molar refractivity (Wildman–Crippen MR) is 117 cm³/mol. The summed E-state index contributed by atoms with van der Waals surface area (Å²) in [5, 5.41) is 18.4. The quantitative estimate of drug-likeness (QED) is 0.390. The Morgan fingerprint density at radius 1 is 1.03 bits per heavy atom. The van der Waals surface area contributed by atoms with Gasteiger partial charge < -0.3 is 5.11 Å². The van der Waals surface area contributed by atoms with Gasteiger partial charge in [-0.2, -0.15) is 10.2 Å². The number of phenols is 1. The first-order chi connectivity index (χ1) is 14.6. The SMILES string of the molecule is Cc1ccccc1-n1cc(/C=N\NC(=O)c2cccc(O)c2)c(-c2ccccc2)n1. The molecule has 3 aromatic carbocycles. The van der Waals surface area contributed by atoms with Crippen molar-refractivity contribution in [3.8, 4) is 22.7 Å². The highest BCUT2D eigenvalue weighted by Crippen LogP contribution is 2.23. The van der Waals surface area contributed by atoms with Crippen molar-refractivity contribution in [3.63, 3.8) is 0 Å². The van der Waals surface area contributed by atoms with E-state index in [1.165, 1.54) is 12.1 Å². The normalized spacial score (nSPS) is 11.0. The molecular weight excluding hydrogens is 376 g/mol. The number of aromatic hydroxyl groups is 1. The first-order valence-electron chi connectivity index (χ1n) is 9.45. The second-order valence-electron chi connectivity index (χ2n) is 6.78. The lowest BCUT2D eigenvalue weighted by Gasteiger charge is -2.04. The van der Waals surface area contributed by atoms with Crippen LogP contribution in [-0.4, -0.2) is 27.0 Å². The Kier molecular flexibility index (Phi) is 5.39. The molecule has 4 aromatic rings. The Balaban J connectivity index is 1.65. The molecule has 0 radical (unpaired) electrons. The molecule has 6 heteroatoms. The fraction of sp³-hybridized carbons (Fsp3) is 0.0417. The third-order valence-electron chi connectivity index (χ3n) is 4.63. The molecule has 0 spiro atoms. The summed E-state index contributed by atoms with van der Waals surface area (Å²) >= 11 is 0. The van der Waals surface area contributed by atoms with Crippen molar-refractivity contribution < 1.29 is 9.90 Å². The molecule has 0 aliphatic rings. The van der Waals surface area contributed by atoms with Crippen LogP contribution in [0, 0.1) is 6.92 Å². The zero-order valence-corrected chi connectivity index (χ0v) is 16.4. The largest absolute Gasteiger partial charge is 0.508 e. The number of amides is 1. The molecule has 0 atom stereocenters. The molecule has 0 bridgehead atoms. The van der Waals surface area contributed by atoms with Gasteiger partial charge in [0.2, 0.25) is 0 Å². The molecule has 2 N–H and O–H groups in total. The zero-order chi connectivity index (χ0) is 20.9. The van der Waals surface area contributed by atoms with Gasteiger partial charge in [0.25, 0.3) is 5.91 Å². The second-order valence-corrected chi connectivity index (χ2v) is 6.78.